The second kappa shape index (κ2) is 7.32. The molecule has 3 rings (SSSR count). The number of nitrogens with zero attached hydrogens (tertiary/aromatic N) is 1. The molecule has 3 aromatic rings. The average Bonchev–Trinajstić information content (AvgIpc) is 3.11. The molecule has 9 heteroatoms. The second-order valence-electron chi connectivity index (χ2n) is 5.23. The molecule has 26 heavy (non-hydrogen) atoms. The van der Waals surface area contributed by atoms with Crippen molar-refractivity contribution in [2.45, 2.75) is 4.90 Å². The first kappa shape index (κ1) is 18.2. The molecule has 2 N–H and O–H groups in total. The van der Waals surface area contributed by atoms with Crippen LogP contribution >= 0.6 is 11.3 Å². The van der Waals surface area contributed by atoms with Crippen molar-refractivity contribution in [1.29, 1.82) is 0 Å². The molecule has 1 amide bonds. The van der Waals surface area contributed by atoms with Crippen LogP contribution in [0.15, 0.2) is 58.8 Å². The summed E-state index contributed by atoms with van der Waals surface area (Å²) in [6, 6.07) is 11.5. The van der Waals surface area contributed by atoms with E-state index >= 15 is 0 Å². The van der Waals surface area contributed by atoms with E-state index in [1.807, 2.05) is 0 Å². The predicted octanol–water partition coefficient (Wildman–Crippen LogP) is 3.11. The molecule has 0 bridgehead atoms. The largest absolute Gasteiger partial charge is 0.298 e. The Bertz CT molecular complexity index is 1030. The second-order valence-corrected chi connectivity index (χ2v) is 7.98. The van der Waals surface area contributed by atoms with Gasteiger partial charge >= 0.3 is 0 Å². The van der Waals surface area contributed by atoms with Crippen LogP contribution < -0.4 is 10.0 Å². The topological polar surface area (TPSA) is 88.2 Å². The molecule has 0 saturated carbocycles. The number of halogens is 1. The first-order valence-corrected chi connectivity index (χ1v) is 9.82. The summed E-state index contributed by atoms with van der Waals surface area (Å²) in [6.07, 6.45) is 0. The third kappa shape index (κ3) is 3.96. The van der Waals surface area contributed by atoms with Gasteiger partial charge in [-0.1, -0.05) is 0 Å². The van der Waals surface area contributed by atoms with Gasteiger partial charge in [0.1, 0.15) is 5.82 Å². The van der Waals surface area contributed by atoms with E-state index in [0.29, 0.717) is 16.4 Å². The number of thiazole rings is 1. The minimum Gasteiger partial charge on any atom is -0.298 e. The van der Waals surface area contributed by atoms with E-state index in [9.17, 15) is 17.6 Å². The molecule has 0 atom stereocenters. The van der Waals surface area contributed by atoms with E-state index in [2.05, 4.69) is 15.0 Å². The molecule has 0 fully saturated rings. The van der Waals surface area contributed by atoms with Gasteiger partial charge in [0, 0.05) is 16.5 Å². The van der Waals surface area contributed by atoms with Crippen molar-refractivity contribution < 1.29 is 17.6 Å². The van der Waals surface area contributed by atoms with Gasteiger partial charge in [0.05, 0.1) is 10.6 Å². The number of carbonyl (C=O) groups excluding carboxylic acids is 1. The zero-order valence-corrected chi connectivity index (χ0v) is 15.2. The number of sulfonamides is 1. The summed E-state index contributed by atoms with van der Waals surface area (Å²) in [5.74, 6) is -0.736. The maximum Gasteiger partial charge on any atom is 0.257 e. The Morgan fingerprint density at radius 3 is 2.35 bits per heavy atom. The van der Waals surface area contributed by atoms with Crippen LogP contribution in [0.25, 0.3) is 11.3 Å². The molecule has 134 valence electrons. The molecule has 0 aliphatic heterocycles. The number of anilines is 1. The normalized spacial score (nSPS) is 11.3. The van der Waals surface area contributed by atoms with Crippen molar-refractivity contribution in [1.82, 2.24) is 9.71 Å². The lowest BCUT2D eigenvalue weighted by Gasteiger charge is -2.04. The van der Waals surface area contributed by atoms with Crippen molar-refractivity contribution in [3.05, 3.63) is 65.3 Å². The van der Waals surface area contributed by atoms with Crippen LogP contribution in [0.3, 0.4) is 0 Å². The Morgan fingerprint density at radius 2 is 1.73 bits per heavy atom. The highest BCUT2D eigenvalue weighted by Gasteiger charge is 2.14. The van der Waals surface area contributed by atoms with Gasteiger partial charge in [0.2, 0.25) is 10.0 Å². The van der Waals surface area contributed by atoms with Gasteiger partial charge in [-0.25, -0.2) is 22.5 Å². The Hall–Kier alpha value is -2.62. The fourth-order valence-electron chi connectivity index (χ4n) is 2.16. The highest BCUT2D eigenvalue weighted by molar-refractivity contribution is 7.89. The van der Waals surface area contributed by atoms with E-state index in [1.165, 1.54) is 54.8 Å². The highest BCUT2D eigenvalue weighted by atomic mass is 32.2. The number of aromatic nitrogens is 1. The van der Waals surface area contributed by atoms with Crippen LogP contribution in [0, 0.1) is 5.82 Å². The minimum absolute atomic E-state index is 0.0735. The van der Waals surface area contributed by atoms with Crippen LogP contribution in [0.2, 0.25) is 0 Å². The summed E-state index contributed by atoms with van der Waals surface area (Å²) in [6.45, 7) is 0. The van der Waals surface area contributed by atoms with Crippen LogP contribution in [-0.2, 0) is 10.0 Å². The zero-order chi connectivity index (χ0) is 18.7. The zero-order valence-electron chi connectivity index (χ0n) is 13.6. The Labute approximate surface area is 153 Å². The Balaban J connectivity index is 1.73. The summed E-state index contributed by atoms with van der Waals surface area (Å²) in [5.41, 5.74) is 1.67. The predicted molar refractivity (Wildman–Crippen MR) is 98.1 cm³/mol. The van der Waals surface area contributed by atoms with Crippen molar-refractivity contribution in [3.8, 4) is 11.3 Å². The van der Waals surface area contributed by atoms with Gasteiger partial charge in [-0.2, -0.15) is 0 Å². The number of carbonyl (C=O) groups is 1. The molecule has 0 unspecified atom stereocenters. The van der Waals surface area contributed by atoms with E-state index in [0.717, 1.165) is 5.56 Å². The molecule has 0 saturated heterocycles. The Morgan fingerprint density at radius 1 is 1.08 bits per heavy atom. The fraction of sp³-hybridized carbons (Fsp3) is 0.0588. The lowest BCUT2D eigenvalue weighted by Crippen LogP contribution is -2.19. The minimum atomic E-state index is -3.55. The number of rotatable bonds is 5. The molecule has 6 nitrogen and oxygen atoms in total. The van der Waals surface area contributed by atoms with Gasteiger partial charge in [0.25, 0.3) is 5.91 Å². The maximum atomic E-state index is 13.0. The third-order valence-corrected chi connectivity index (χ3v) is 5.75. The lowest BCUT2D eigenvalue weighted by molar-refractivity contribution is 0.102. The number of amides is 1. The number of hydrogen-bond acceptors (Lipinski definition) is 5. The van der Waals surface area contributed by atoms with E-state index in [1.54, 1.807) is 17.5 Å². The monoisotopic (exact) mass is 391 g/mol. The summed E-state index contributed by atoms with van der Waals surface area (Å²) >= 11 is 1.24. The third-order valence-electron chi connectivity index (χ3n) is 3.56. The first-order valence-electron chi connectivity index (χ1n) is 7.45. The van der Waals surface area contributed by atoms with Gasteiger partial charge in [-0.05, 0) is 55.6 Å². The van der Waals surface area contributed by atoms with Gasteiger partial charge in [0.15, 0.2) is 5.13 Å². The fourth-order valence-corrected chi connectivity index (χ4v) is 3.60. The van der Waals surface area contributed by atoms with Crippen LogP contribution in [0.1, 0.15) is 10.4 Å². The van der Waals surface area contributed by atoms with Crippen molar-refractivity contribution in [2.75, 3.05) is 12.4 Å². The molecule has 0 spiro atoms. The number of hydrogen-bond donors (Lipinski definition) is 2. The van der Waals surface area contributed by atoms with Crippen LogP contribution in [0.5, 0.6) is 0 Å². The van der Waals surface area contributed by atoms with Gasteiger partial charge in [-0.15, -0.1) is 11.3 Å². The quantitative estimate of drug-likeness (QED) is 0.700. The molecule has 0 aliphatic carbocycles. The first-order chi connectivity index (χ1) is 12.4. The van der Waals surface area contributed by atoms with E-state index in [-0.39, 0.29) is 10.7 Å². The van der Waals surface area contributed by atoms with Crippen molar-refractivity contribution >= 4 is 32.4 Å². The Kier molecular flexibility index (Phi) is 5.12. The lowest BCUT2D eigenvalue weighted by atomic mass is 10.2. The molecule has 1 heterocycles. The molecule has 1 aromatic heterocycles. The van der Waals surface area contributed by atoms with Crippen LogP contribution in [0.4, 0.5) is 9.52 Å². The highest BCUT2D eigenvalue weighted by Crippen LogP contribution is 2.25. The van der Waals surface area contributed by atoms with Crippen LogP contribution in [-0.4, -0.2) is 26.4 Å². The van der Waals surface area contributed by atoms with Crippen molar-refractivity contribution in [2.24, 2.45) is 0 Å². The number of benzene rings is 2. The maximum absolute atomic E-state index is 13.0. The summed E-state index contributed by atoms with van der Waals surface area (Å²) in [4.78, 5) is 16.7. The SMILES string of the molecule is CNS(=O)(=O)c1ccc(C(=O)Nc2nc(-c3ccc(F)cc3)cs2)cc1. The van der Waals surface area contributed by atoms with Gasteiger partial charge < -0.3 is 0 Å². The smallest absolute Gasteiger partial charge is 0.257 e. The van der Waals surface area contributed by atoms with Gasteiger partial charge in [-0.3, -0.25) is 10.1 Å². The molecular weight excluding hydrogens is 377 g/mol. The standard InChI is InChI=1S/C17H14FN3O3S2/c1-19-26(23,24)14-8-4-12(5-9-14)16(22)21-17-20-15(10-25-17)11-2-6-13(18)7-3-11/h2-10,19H,1H3,(H,20,21,22). The summed E-state index contributed by atoms with van der Waals surface area (Å²) < 4.78 is 38.6. The molecule has 0 aliphatic rings. The number of nitrogens with one attached hydrogen (secondary N) is 2. The van der Waals surface area contributed by atoms with E-state index < -0.39 is 15.9 Å². The molecule has 2 aromatic carbocycles. The molecular formula is C17H14FN3O3S2. The summed E-state index contributed by atoms with van der Waals surface area (Å²) in [7, 11) is -2.23. The summed E-state index contributed by atoms with van der Waals surface area (Å²) in [5, 5.41) is 4.81. The molecule has 0 radical (unpaired) electrons. The van der Waals surface area contributed by atoms with Crippen molar-refractivity contribution in [3.63, 3.8) is 0 Å². The average molecular weight is 391 g/mol. The van der Waals surface area contributed by atoms with E-state index in [4.69, 9.17) is 0 Å².